The number of carboxylic acids is 1. The number of benzene rings is 2. The van der Waals surface area contributed by atoms with Crippen LogP contribution in [0.2, 0.25) is 0 Å². The number of hydrogen-bond acceptors (Lipinski definition) is 7. The van der Waals surface area contributed by atoms with Gasteiger partial charge < -0.3 is 29.7 Å². The van der Waals surface area contributed by atoms with E-state index in [1.165, 1.54) is 14.2 Å². The fourth-order valence-electron chi connectivity index (χ4n) is 4.59. The van der Waals surface area contributed by atoms with Crippen molar-refractivity contribution in [1.82, 2.24) is 10.2 Å². The number of ketones is 1. The number of likely N-dealkylation sites (N-methyl/N-ethyl adjacent to an activating group) is 1. The lowest BCUT2D eigenvalue weighted by atomic mass is 9.83. The number of ether oxygens (including phenoxy) is 2. The van der Waals surface area contributed by atoms with Crippen LogP contribution in [-0.2, 0) is 16.8 Å². The van der Waals surface area contributed by atoms with Crippen LogP contribution in [0.15, 0.2) is 24.3 Å². The maximum Gasteiger partial charge on any atom is 0.323 e. The highest BCUT2D eigenvalue weighted by Gasteiger charge is 2.31. The molecule has 1 amide bonds. The van der Waals surface area contributed by atoms with Gasteiger partial charge in [0, 0.05) is 31.8 Å². The molecule has 38 heavy (non-hydrogen) atoms. The smallest absolute Gasteiger partial charge is 0.323 e. The van der Waals surface area contributed by atoms with Crippen molar-refractivity contribution < 1.29 is 29.0 Å². The Bertz CT molecular complexity index is 1280. The van der Waals surface area contributed by atoms with E-state index in [0.717, 1.165) is 11.1 Å². The molecule has 0 unspecified atom stereocenters. The van der Waals surface area contributed by atoms with E-state index < -0.39 is 11.4 Å². The van der Waals surface area contributed by atoms with Gasteiger partial charge in [-0.15, -0.1) is 0 Å². The number of nitrogens with one attached hydrogen (secondary N) is 2. The summed E-state index contributed by atoms with van der Waals surface area (Å²) in [6, 6.07) is 6.80. The SMILES string of the molecule is CCOc1cc2c(cc1C(=O)NC)C(=N)N(CC(=O)c1cc(OC)c(N(C)CC(=O)O)c(C(C)(C)C)c1)C2. The molecule has 0 radical (unpaired) electrons. The summed E-state index contributed by atoms with van der Waals surface area (Å²) in [5.41, 5.74) is 3.12. The number of fused-ring (bicyclic) bond motifs is 1. The van der Waals surface area contributed by atoms with E-state index in [0.29, 0.717) is 47.0 Å². The summed E-state index contributed by atoms with van der Waals surface area (Å²) in [5, 5.41) is 20.6. The summed E-state index contributed by atoms with van der Waals surface area (Å²) in [5.74, 6) is -0.507. The Morgan fingerprint density at radius 1 is 1.16 bits per heavy atom. The minimum absolute atomic E-state index is 0.0517. The number of amides is 1. The molecule has 0 spiro atoms. The molecule has 2 aromatic carbocycles. The first-order valence-electron chi connectivity index (χ1n) is 12.4. The van der Waals surface area contributed by atoms with Crippen molar-refractivity contribution in [2.75, 3.05) is 45.8 Å². The second-order valence-corrected chi connectivity index (χ2v) is 10.2. The average molecular weight is 525 g/mol. The number of carbonyl (C=O) groups excluding carboxylic acids is 2. The number of anilines is 1. The van der Waals surface area contributed by atoms with Crippen LogP contribution in [-0.4, -0.2) is 74.4 Å². The lowest BCUT2D eigenvalue weighted by Gasteiger charge is -2.30. The van der Waals surface area contributed by atoms with E-state index in [1.54, 1.807) is 41.1 Å². The predicted molar refractivity (Wildman–Crippen MR) is 145 cm³/mol. The Kier molecular flexibility index (Phi) is 8.34. The standard InChI is InChI=1S/C28H36N4O6/c1-8-38-22-11-17-13-32(26(29)18(17)12-19(22)27(36)30-5)14-21(33)16-9-20(28(2,3)4)25(23(10-16)37-7)31(6)15-24(34)35/h9-12,29H,8,13-15H2,1-7H3,(H,30,36)(H,34,35). The molecule has 2 aromatic rings. The molecule has 0 bridgehead atoms. The van der Waals surface area contributed by atoms with Crippen LogP contribution in [0.1, 0.15) is 65.1 Å². The number of hydrogen-bond donors (Lipinski definition) is 3. The van der Waals surface area contributed by atoms with Crippen molar-refractivity contribution in [1.29, 1.82) is 5.41 Å². The highest BCUT2D eigenvalue weighted by atomic mass is 16.5. The van der Waals surface area contributed by atoms with E-state index in [1.807, 2.05) is 27.7 Å². The van der Waals surface area contributed by atoms with Gasteiger partial charge in [0.15, 0.2) is 5.78 Å². The lowest BCUT2D eigenvalue weighted by Crippen LogP contribution is -2.31. The third-order valence-electron chi connectivity index (χ3n) is 6.42. The largest absolute Gasteiger partial charge is 0.495 e. The zero-order chi connectivity index (χ0) is 28.4. The quantitative estimate of drug-likeness (QED) is 0.404. The van der Waals surface area contributed by atoms with E-state index in [9.17, 15) is 19.5 Å². The molecule has 0 saturated heterocycles. The van der Waals surface area contributed by atoms with Gasteiger partial charge in [-0.1, -0.05) is 20.8 Å². The Hall–Kier alpha value is -4.08. The maximum atomic E-state index is 13.5. The number of carbonyl (C=O) groups is 3. The first-order valence-corrected chi connectivity index (χ1v) is 12.4. The highest BCUT2D eigenvalue weighted by molar-refractivity contribution is 6.08. The van der Waals surface area contributed by atoms with Crippen molar-refractivity contribution in [2.45, 2.75) is 39.7 Å². The summed E-state index contributed by atoms with van der Waals surface area (Å²) in [7, 11) is 4.70. The van der Waals surface area contributed by atoms with Gasteiger partial charge in [0.2, 0.25) is 0 Å². The van der Waals surface area contributed by atoms with Gasteiger partial charge in [-0.3, -0.25) is 19.8 Å². The zero-order valence-electron chi connectivity index (χ0n) is 23.0. The number of Topliss-reactive ketones (excluding diaryl/α,β-unsaturated/α-hetero) is 1. The van der Waals surface area contributed by atoms with Gasteiger partial charge in [0.1, 0.15) is 23.9 Å². The Labute approximate surface area is 223 Å². The Balaban J connectivity index is 1.95. The summed E-state index contributed by atoms with van der Waals surface area (Å²) >= 11 is 0. The first-order chi connectivity index (χ1) is 17.8. The van der Waals surface area contributed by atoms with Crippen LogP contribution < -0.4 is 19.7 Å². The van der Waals surface area contributed by atoms with Crippen molar-refractivity contribution in [3.05, 3.63) is 52.1 Å². The van der Waals surface area contributed by atoms with Gasteiger partial charge in [-0.05, 0) is 47.7 Å². The molecule has 1 aliphatic rings. The van der Waals surface area contributed by atoms with E-state index in [4.69, 9.17) is 14.9 Å². The molecule has 0 aliphatic carbocycles. The third-order valence-corrected chi connectivity index (χ3v) is 6.42. The molecule has 3 N–H and O–H groups in total. The summed E-state index contributed by atoms with van der Waals surface area (Å²) in [6.07, 6.45) is 0. The molecule has 1 heterocycles. The summed E-state index contributed by atoms with van der Waals surface area (Å²) < 4.78 is 11.3. The van der Waals surface area contributed by atoms with Crippen LogP contribution in [0.4, 0.5) is 5.69 Å². The van der Waals surface area contributed by atoms with Gasteiger partial charge in [-0.25, -0.2) is 0 Å². The molecule has 0 saturated carbocycles. The lowest BCUT2D eigenvalue weighted by molar-refractivity contribution is -0.135. The molecule has 0 atom stereocenters. The van der Waals surface area contributed by atoms with E-state index in [2.05, 4.69) is 5.32 Å². The Morgan fingerprint density at radius 2 is 1.84 bits per heavy atom. The maximum absolute atomic E-state index is 13.5. The third kappa shape index (κ3) is 5.74. The number of amidine groups is 1. The van der Waals surface area contributed by atoms with Crippen LogP contribution in [0.3, 0.4) is 0 Å². The van der Waals surface area contributed by atoms with Crippen LogP contribution in [0.5, 0.6) is 11.5 Å². The minimum atomic E-state index is -0.978. The average Bonchev–Trinajstić information content (AvgIpc) is 3.15. The first kappa shape index (κ1) is 28.5. The minimum Gasteiger partial charge on any atom is -0.495 e. The second kappa shape index (κ2) is 11.1. The molecule has 1 aliphatic heterocycles. The highest BCUT2D eigenvalue weighted by Crippen LogP contribution is 2.40. The fraction of sp³-hybridized carbons (Fsp3) is 0.429. The molecular weight excluding hydrogens is 488 g/mol. The van der Waals surface area contributed by atoms with Crippen LogP contribution in [0, 0.1) is 5.41 Å². The van der Waals surface area contributed by atoms with Gasteiger partial charge in [-0.2, -0.15) is 0 Å². The van der Waals surface area contributed by atoms with Crippen LogP contribution >= 0.6 is 0 Å². The van der Waals surface area contributed by atoms with E-state index in [-0.39, 0.29) is 30.6 Å². The zero-order valence-corrected chi connectivity index (χ0v) is 23.0. The monoisotopic (exact) mass is 524 g/mol. The molecule has 0 fully saturated rings. The topological polar surface area (TPSA) is 132 Å². The van der Waals surface area contributed by atoms with Gasteiger partial charge >= 0.3 is 5.97 Å². The predicted octanol–water partition coefficient (Wildman–Crippen LogP) is 3.30. The number of carboxylic acid groups (broad SMARTS) is 1. The summed E-state index contributed by atoms with van der Waals surface area (Å²) in [6.45, 7) is 8.23. The Morgan fingerprint density at radius 3 is 2.39 bits per heavy atom. The normalized spacial score (nSPS) is 12.7. The number of rotatable bonds is 10. The van der Waals surface area contributed by atoms with Crippen molar-refractivity contribution in [3.8, 4) is 11.5 Å². The number of nitrogens with zero attached hydrogens (tertiary/aromatic N) is 2. The van der Waals surface area contributed by atoms with Crippen LogP contribution in [0.25, 0.3) is 0 Å². The van der Waals surface area contributed by atoms with E-state index >= 15 is 0 Å². The molecule has 10 heteroatoms. The van der Waals surface area contributed by atoms with Crippen molar-refractivity contribution >= 4 is 29.2 Å². The molecule has 204 valence electrons. The molecular formula is C28H36N4O6. The molecule has 0 aromatic heterocycles. The number of aliphatic carboxylic acids is 1. The van der Waals surface area contributed by atoms with Crippen molar-refractivity contribution in [2.24, 2.45) is 0 Å². The van der Waals surface area contributed by atoms with Gasteiger partial charge in [0.25, 0.3) is 5.91 Å². The molecule has 3 rings (SSSR count). The molecule has 10 nitrogen and oxygen atoms in total. The van der Waals surface area contributed by atoms with Crippen molar-refractivity contribution in [3.63, 3.8) is 0 Å². The fourth-order valence-corrected chi connectivity index (χ4v) is 4.59. The summed E-state index contributed by atoms with van der Waals surface area (Å²) in [4.78, 5) is 40.5. The number of methoxy groups -OCH3 is 1. The van der Waals surface area contributed by atoms with Gasteiger partial charge in [0.05, 0.1) is 31.5 Å². The second-order valence-electron chi connectivity index (χ2n) is 10.2.